The Morgan fingerprint density at radius 3 is 2.64 bits per heavy atom. The van der Waals surface area contributed by atoms with Crippen LogP contribution in [0.15, 0.2) is 46.2 Å². The lowest BCUT2D eigenvalue weighted by atomic mass is 10.1. The molecule has 2 aromatic carbocycles. The van der Waals surface area contributed by atoms with Crippen LogP contribution in [-0.4, -0.2) is 20.1 Å². The Kier molecular flexibility index (Phi) is 4.79. The second kappa shape index (κ2) is 6.72. The number of rotatable bonds is 3. The number of aryl methyl sites for hydroxylation is 2. The fourth-order valence-corrected chi connectivity index (χ4v) is 4.75. The Bertz CT molecular complexity index is 939. The number of hydrogen-bond acceptors (Lipinski definition) is 4. The average Bonchev–Trinajstić information content (AvgIpc) is 2.69. The van der Waals surface area contributed by atoms with Crippen molar-refractivity contribution in [1.29, 1.82) is 0 Å². The molecule has 0 saturated carbocycles. The van der Waals surface area contributed by atoms with Gasteiger partial charge in [-0.3, -0.25) is 9.52 Å². The Morgan fingerprint density at radius 2 is 1.92 bits per heavy atom. The maximum absolute atomic E-state index is 12.7. The molecular formula is C18H20N2O3S2. The van der Waals surface area contributed by atoms with E-state index in [1.165, 1.54) is 6.07 Å². The van der Waals surface area contributed by atoms with Crippen LogP contribution in [-0.2, 0) is 14.8 Å². The molecule has 1 heterocycles. The molecule has 0 spiro atoms. The quantitative estimate of drug-likeness (QED) is 0.855. The van der Waals surface area contributed by atoms with Crippen LogP contribution in [0.3, 0.4) is 0 Å². The summed E-state index contributed by atoms with van der Waals surface area (Å²) in [6.07, 6.45) is 0. The standard InChI is InChI=1S/C18H20N2O3S2/c1-11-4-6-15(12(2)8-11)20-25(22,23)14-5-7-17-16(9-14)19-18(21)13(3)10-24-17/h4-9,13,20H,10H2,1-3H3,(H,19,21)/t13-/m0/s1. The maximum atomic E-state index is 12.7. The molecule has 132 valence electrons. The number of carbonyl (C=O) groups excluding carboxylic acids is 1. The van der Waals surface area contributed by atoms with Gasteiger partial charge in [-0.15, -0.1) is 11.8 Å². The Morgan fingerprint density at radius 1 is 1.16 bits per heavy atom. The van der Waals surface area contributed by atoms with Crippen LogP contribution in [0.5, 0.6) is 0 Å². The number of nitrogens with one attached hydrogen (secondary N) is 2. The van der Waals surface area contributed by atoms with Crippen LogP contribution in [0.2, 0.25) is 0 Å². The summed E-state index contributed by atoms with van der Waals surface area (Å²) in [5.41, 5.74) is 3.02. The van der Waals surface area contributed by atoms with Crippen molar-refractivity contribution in [2.45, 2.75) is 30.6 Å². The van der Waals surface area contributed by atoms with Crippen LogP contribution < -0.4 is 10.0 Å². The highest BCUT2D eigenvalue weighted by Gasteiger charge is 2.23. The first-order valence-corrected chi connectivity index (χ1v) is 10.4. The summed E-state index contributed by atoms with van der Waals surface area (Å²) < 4.78 is 28.1. The largest absolute Gasteiger partial charge is 0.325 e. The van der Waals surface area contributed by atoms with Crippen molar-refractivity contribution in [3.05, 3.63) is 47.5 Å². The summed E-state index contributed by atoms with van der Waals surface area (Å²) in [4.78, 5) is 13.0. The van der Waals surface area contributed by atoms with Crippen molar-refractivity contribution in [3.8, 4) is 0 Å². The smallest absolute Gasteiger partial charge is 0.261 e. The number of amides is 1. The third-order valence-corrected chi connectivity index (χ3v) is 6.78. The molecule has 5 nitrogen and oxygen atoms in total. The minimum atomic E-state index is -3.74. The molecule has 0 unspecified atom stereocenters. The van der Waals surface area contributed by atoms with Crippen molar-refractivity contribution in [2.24, 2.45) is 5.92 Å². The van der Waals surface area contributed by atoms with E-state index in [0.717, 1.165) is 16.0 Å². The lowest BCUT2D eigenvalue weighted by Gasteiger charge is -2.13. The number of sulfonamides is 1. The minimum Gasteiger partial charge on any atom is -0.325 e. The van der Waals surface area contributed by atoms with Crippen molar-refractivity contribution >= 4 is 39.1 Å². The van der Waals surface area contributed by atoms with Crippen molar-refractivity contribution < 1.29 is 13.2 Å². The van der Waals surface area contributed by atoms with Gasteiger partial charge in [-0.05, 0) is 43.7 Å². The lowest BCUT2D eigenvalue weighted by molar-refractivity contribution is -0.118. The fourth-order valence-electron chi connectivity index (χ4n) is 2.58. The van der Waals surface area contributed by atoms with Gasteiger partial charge in [0.05, 0.1) is 16.3 Å². The number of fused-ring (bicyclic) bond motifs is 1. The van der Waals surface area contributed by atoms with E-state index < -0.39 is 10.0 Å². The summed E-state index contributed by atoms with van der Waals surface area (Å²) in [6, 6.07) is 10.4. The number of anilines is 2. The number of benzene rings is 2. The molecule has 1 aliphatic heterocycles. The molecule has 3 rings (SSSR count). The summed E-state index contributed by atoms with van der Waals surface area (Å²) in [7, 11) is -3.74. The summed E-state index contributed by atoms with van der Waals surface area (Å²) >= 11 is 1.55. The molecule has 0 bridgehead atoms. The van der Waals surface area contributed by atoms with Gasteiger partial charge in [0.15, 0.2) is 0 Å². The van der Waals surface area contributed by atoms with Gasteiger partial charge in [0.2, 0.25) is 5.91 Å². The maximum Gasteiger partial charge on any atom is 0.261 e. The minimum absolute atomic E-state index is 0.0943. The molecular weight excluding hydrogens is 356 g/mol. The van der Waals surface area contributed by atoms with Gasteiger partial charge in [0.25, 0.3) is 10.0 Å². The average molecular weight is 377 g/mol. The first kappa shape index (κ1) is 17.8. The van der Waals surface area contributed by atoms with E-state index in [1.807, 2.05) is 32.9 Å². The highest BCUT2D eigenvalue weighted by molar-refractivity contribution is 7.99. The molecule has 1 aliphatic rings. The highest BCUT2D eigenvalue weighted by Crippen LogP contribution is 2.34. The summed E-state index contributed by atoms with van der Waals surface area (Å²) in [6.45, 7) is 5.67. The van der Waals surface area contributed by atoms with Crippen LogP contribution in [0.4, 0.5) is 11.4 Å². The van der Waals surface area contributed by atoms with E-state index >= 15 is 0 Å². The molecule has 2 N–H and O–H groups in total. The number of hydrogen-bond donors (Lipinski definition) is 2. The molecule has 0 aliphatic carbocycles. The molecule has 7 heteroatoms. The summed E-state index contributed by atoms with van der Waals surface area (Å²) in [5, 5.41) is 2.82. The van der Waals surface area contributed by atoms with Crippen molar-refractivity contribution in [1.82, 2.24) is 0 Å². The lowest BCUT2D eigenvalue weighted by Crippen LogP contribution is -2.20. The number of thioether (sulfide) groups is 1. The van der Waals surface area contributed by atoms with Crippen molar-refractivity contribution in [3.63, 3.8) is 0 Å². The van der Waals surface area contributed by atoms with E-state index in [-0.39, 0.29) is 16.7 Å². The number of carbonyl (C=O) groups is 1. The molecule has 0 radical (unpaired) electrons. The van der Waals surface area contributed by atoms with E-state index in [9.17, 15) is 13.2 Å². The second-order valence-electron chi connectivity index (χ2n) is 6.28. The SMILES string of the molecule is Cc1ccc(NS(=O)(=O)c2ccc3c(c2)NC(=O)[C@@H](C)CS3)c(C)c1. The van der Waals surface area contributed by atoms with E-state index in [4.69, 9.17) is 0 Å². The first-order valence-electron chi connectivity index (χ1n) is 7.94. The Balaban J connectivity index is 1.93. The third-order valence-electron chi connectivity index (χ3n) is 4.08. The zero-order chi connectivity index (χ0) is 18.2. The monoisotopic (exact) mass is 376 g/mol. The van der Waals surface area contributed by atoms with E-state index in [0.29, 0.717) is 17.1 Å². The zero-order valence-corrected chi connectivity index (χ0v) is 15.9. The topological polar surface area (TPSA) is 75.3 Å². The first-order chi connectivity index (χ1) is 11.8. The van der Waals surface area contributed by atoms with Gasteiger partial charge in [0.1, 0.15) is 0 Å². The predicted octanol–water partition coefficient (Wildman–Crippen LogP) is 3.78. The molecule has 0 aromatic heterocycles. The van der Waals surface area contributed by atoms with Gasteiger partial charge in [-0.2, -0.15) is 0 Å². The molecule has 0 fully saturated rings. The van der Waals surface area contributed by atoms with E-state index in [2.05, 4.69) is 10.0 Å². The summed E-state index contributed by atoms with van der Waals surface area (Å²) in [5.74, 6) is 0.458. The molecule has 2 aromatic rings. The van der Waals surface area contributed by atoms with Gasteiger partial charge >= 0.3 is 0 Å². The normalized spacial score (nSPS) is 17.4. The molecule has 25 heavy (non-hydrogen) atoms. The van der Waals surface area contributed by atoms with Crippen LogP contribution >= 0.6 is 11.8 Å². The highest BCUT2D eigenvalue weighted by atomic mass is 32.2. The fraction of sp³-hybridized carbons (Fsp3) is 0.278. The van der Waals surface area contributed by atoms with Gasteiger partial charge in [-0.25, -0.2) is 8.42 Å². The van der Waals surface area contributed by atoms with Crippen LogP contribution in [0, 0.1) is 19.8 Å². The Labute approximate surface area is 152 Å². The molecule has 0 saturated heterocycles. The van der Waals surface area contributed by atoms with Gasteiger partial charge < -0.3 is 5.32 Å². The molecule has 1 atom stereocenters. The predicted molar refractivity (Wildman–Crippen MR) is 102 cm³/mol. The van der Waals surface area contributed by atoms with Crippen LogP contribution in [0.1, 0.15) is 18.1 Å². The van der Waals surface area contributed by atoms with E-state index in [1.54, 1.807) is 30.0 Å². The zero-order valence-electron chi connectivity index (χ0n) is 14.3. The Hall–Kier alpha value is -1.99. The second-order valence-corrected chi connectivity index (χ2v) is 9.03. The van der Waals surface area contributed by atoms with Gasteiger partial charge in [-0.1, -0.05) is 24.6 Å². The van der Waals surface area contributed by atoms with Crippen LogP contribution in [0.25, 0.3) is 0 Å². The van der Waals surface area contributed by atoms with Crippen molar-refractivity contribution in [2.75, 3.05) is 15.8 Å². The van der Waals surface area contributed by atoms with Gasteiger partial charge in [0, 0.05) is 16.6 Å². The third kappa shape index (κ3) is 3.82. The molecule has 1 amide bonds.